The Bertz CT molecular complexity index is 1280. The number of benzene rings is 2. The van der Waals surface area contributed by atoms with Crippen LogP contribution >= 0.6 is 0 Å². The molecule has 0 unspecified atom stereocenters. The number of carboxylic acids is 1. The number of rotatable bonds is 7. The lowest BCUT2D eigenvalue weighted by atomic mass is 10.1. The van der Waals surface area contributed by atoms with Crippen LogP contribution < -0.4 is 15.8 Å². The summed E-state index contributed by atoms with van der Waals surface area (Å²) in [7, 11) is 0. The molecule has 2 aromatic carbocycles. The summed E-state index contributed by atoms with van der Waals surface area (Å²) < 4.78 is 5.91. The molecule has 32 heavy (non-hydrogen) atoms. The summed E-state index contributed by atoms with van der Waals surface area (Å²) in [6.45, 7) is 0.390. The van der Waals surface area contributed by atoms with Gasteiger partial charge in [0.1, 0.15) is 11.5 Å². The van der Waals surface area contributed by atoms with Gasteiger partial charge >= 0.3 is 5.97 Å². The normalized spacial score (nSPS) is 10.5. The number of aromatic carboxylic acids is 1. The van der Waals surface area contributed by atoms with Crippen molar-refractivity contribution in [3.05, 3.63) is 95.8 Å². The van der Waals surface area contributed by atoms with Crippen molar-refractivity contribution < 1.29 is 19.4 Å². The van der Waals surface area contributed by atoms with E-state index < -0.39 is 5.97 Å². The minimum Gasteiger partial charge on any atom is -0.478 e. The van der Waals surface area contributed by atoms with Gasteiger partial charge in [0.2, 0.25) is 0 Å². The third-order valence-electron chi connectivity index (χ3n) is 4.69. The van der Waals surface area contributed by atoms with Crippen LogP contribution in [-0.4, -0.2) is 27.0 Å². The number of anilines is 1. The lowest BCUT2D eigenvalue weighted by Crippen LogP contribution is -2.12. The van der Waals surface area contributed by atoms with Crippen molar-refractivity contribution in [2.75, 3.05) is 5.32 Å². The van der Waals surface area contributed by atoms with Crippen LogP contribution in [0.4, 0.5) is 5.69 Å². The van der Waals surface area contributed by atoms with Crippen molar-refractivity contribution in [1.82, 2.24) is 9.97 Å². The largest absolute Gasteiger partial charge is 0.478 e. The summed E-state index contributed by atoms with van der Waals surface area (Å²) in [4.78, 5) is 30.9. The highest BCUT2D eigenvalue weighted by molar-refractivity contribution is 6.04. The van der Waals surface area contributed by atoms with Gasteiger partial charge in [0.25, 0.3) is 5.91 Å². The number of nitrogens with two attached hydrogens (primary N) is 1. The van der Waals surface area contributed by atoms with Crippen molar-refractivity contribution in [2.45, 2.75) is 6.54 Å². The first-order chi connectivity index (χ1) is 15.5. The highest BCUT2D eigenvalue weighted by Crippen LogP contribution is 2.26. The number of hydrogen-bond acceptors (Lipinski definition) is 5. The minimum atomic E-state index is -1.02. The van der Waals surface area contributed by atoms with Gasteiger partial charge in [-0.15, -0.1) is 0 Å². The lowest BCUT2D eigenvalue weighted by molar-refractivity contribution is 0.0697. The number of H-pyrrole nitrogens is 1. The summed E-state index contributed by atoms with van der Waals surface area (Å²) in [5.41, 5.74) is 8.90. The first-order valence-electron chi connectivity index (χ1n) is 9.78. The number of carbonyl (C=O) groups excluding carboxylic acids is 1. The van der Waals surface area contributed by atoms with E-state index in [-0.39, 0.29) is 11.5 Å². The number of nitrogens with zero attached hydrogens (tertiary/aromatic N) is 1. The molecule has 4 aromatic rings. The van der Waals surface area contributed by atoms with E-state index in [4.69, 9.17) is 15.6 Å². The highest BCUT2D eigenvalue weighted by atomic mass is 16.5. The maximum Gasteiger partial charge on any atom is 0.337 e. The molecule has 0 spiro atoms. The zero-order chi connectivity index (χ0) is 22.5. The van der Waals surface area contributed by atoms with E-state index in [9.17, 15) is 9.59 Å². The first kappa shape index (κ1) is 20.8. The molecule has 1 amide bonds. The molecule has 0 radical (unpaired) electrons. The van der Waals surface area contributed by atoms with Crippen LogP contribution in [0.25, 0.3) is 11.4 Å². The smallest absolute Gasteiger partial charge is 0.337 e. The molecule has 2 aromatic heterocycles. The number of pyridine rings is 1. The van der Waals surface area contributed by atoms with Crippen LogP contribution in [0.5, 0.6) is 11.5 Å². The Kier molecular flexibility index (Phi) is 5.96. The molecule has 5 N–H and O–H groups in total. The SMILES string of the molecule is NCc1cccc(NC(=O)c2cccc(Oc3ccnc(-c4cc(C(=O)O)c[nH]4)c3)c2)c1. The molecular formula is C24H20N4O4. The molecule has 0 saturated heterocycles. The third-order valence-corrected chi connectivity index (χ3v) is 4.69. The maximum atomic E-state index is 12.7. The van der Waals surface area contributed by atoms with E-state index in [1.165, 1.54) is 12.3 Å². The quantitative estimate of drug-likeness (QED) is 0.348. The van der Waals surface area contributed by atoms with Crippen LogP contribution in [-0.2, 0) is 6.54 Å². The number of amides is 1. The summed E-state index contributed by atoms with van der Waals surface area (Å²) in [5.74, 6) is -0.324. The minimum absolute atomic E-state index is 0.142. The fourth-order valence-electron chi connectivity index (χ4n) is 3.10. The standard InChI is InChI=1S/C24H20N4O4/c25-13-15-3-1-5-18(9-15)28-23(29)16-4-2-6-19(10-16)32-20-7-8-26-22(12-20)21-11-17(14-27-21)24(30)31/h1-12,14,27H,13,25H2,(H,28,29)(H,30,31). The third kappa shape index (κ3) is 4.82. The molecule has 8 nitrogen and oxygen atoms in total. The molecule has 0 aliphatic carbocycles. The first-order valence-corrected chi connectivity index (χ1v) is 9.78. The molecule has 2 heterocycles. The van der Waals surface area contributed by atoms with E-state index >= 15 is 0 Å². The Morgan fingerprint density at radius 1 is 1.00 bits per heavy atom. The number of nitrogens with one attached hydrogen (secondary N) is 2. The second kappa shape index (κ2) is 9.15. The Morgan fingerprint density at radius 3 is 2.59 bits per heavy atom. The van der Waals surface area contributed by atoms with Crippen molar-refractivity contribution in [1.29, 1.82) is 0 Å². The van der Waals surface area contributed by atoms with Gasteiger partial charge in [-0.2, -0.15) is 0 Å². The van der Waals surface area contributed by atoms with Gasteiger partial charge < -0.3 is 25.9 Å². The van der Waals surface area contributed by atoms with Crippen LogP contribution in [0.1, 0.15) is 26.3 Å². The van der Waals surface area contributed by atoms with E-state index in [1.807, 2.05) is 18.2 Å². The number of aromatic amines is 1. The fourth-order valence-corrected chi connectivity index (χ4v) is 3.10. The topological polar surface area (TPSA) is 130 Å². The van der Waals surface area contributed by atoms with Gasteiger partial charge in [-0.25, -0.2) is 4.79 Å². The Hall–Kier alpha value is -4.43. The zero-order valence-corrected chi connectivity index (χ0v) is 16.9. The molecule has 0 saturated carbocycles. The average molecular weight is 428 g/mol. The summed E-state index contributed by atoms with van der Waals surface area (Å²) >= 11 is 0. The summed E-state index contributed by atoms with van der Waals surface area (Å²) in [5, 5.41) is 11.9. The fraction of sp³-hybridized carbons (Fsp3) is 0.0417. The molecule has 4 rings (SSSR count). The summed E-state index contributed by atoms with van der Waals surface area (Å²) in [6, 6.07) is 19.0. The van der Waals surface area contributed by atoms with Gasteiger partial charge in [-0.1, -0.05) is 18.2 Å². The number of carboxylic acid groups (broad SMARTS) is 1. The zero-order valence-electron chi connectivity index (χ0n) is 16.9. The Labute approximate surface area is 183 Å². The van der Waals surface area contributed by atoms with E-state index in [0.29, 0.717) is 40.7 Å². The molecule has 0 fully saturated rings. The lowest BCUT2D eigenvalue weighted by Gasteiger charge is -2.10. The van der Waals surface area contributed by atoms with Crippen LogP contribution in [0.3, 0.4) is 0 Å². The molecule has 8 heteroatoms. The monoisotopic (exact) mass is 428 g/mol. The average Bonchev–Trinajstić information content (AvgIpc) is 3.30. The summed E-state index contributed by atoms with van der Waals surface area (Å²) in [6.07, 6.45) is 2.96. The Morgan fingerprint density at radius 2 is 1.81 bits per heavy atom. The van der Waals surface area contributed by atoms with Crippen LogP contribution in [0.15, 0.2) is 79.1 Å². The molecule has 0 aliphatic heterocycles. The predicted molar refractivity (Wildman–Crippen MR) is 120 cm³/mol. The van der Waals surface area contributed by atoms with Gasteiger partial charge in [0, 0.05) is 36.3 Å². The molecule has 0 aliphatic rings. The number of hydrogen-bond donors (Lipinski definition) is 4. The van der Waals surface area contributed by atoms with E-state index in [0.717, 1.165) is 5.56 Å². The van der Waals surface area contributed by atoms with Crippen LogP contribution in [0, 0.1) is 0 Å². The van der Waals surface area contributed by atoms with Gasteiger partial charge in [0.15, 0.2) is 0 Å². The van der Waals surface area contributed by atoms with Crippen molar-refractivity contribution in [3.63, 3.8) is 0 Å². The van der Waals surface area contributed by atoms with Gasteiger partial charge in [0.05, 0.1) is 17.0 Å². The second-order valence-electron chi connectivity index (χ2n) is 6.97. The second-order valence-corrected chi connectivity index (χ2v) is 6.97. The number of ether oxygens (including phenoxy) is 1. The van der Waals surface area contributed by atoms with E-state index in [1.54, 1.807) is 48.7 Å². The van der Waals surface area contributed by atoms with Crippen LogP contribution in [0.2, 0.25) is 0 Å². The predicted octanol–water partition coefficient (Wildman–Crippen LogP) is 4.28. The number of carbonyl (C=O) groups is 2. The van der Waals surface area contributed by atoms with Gasteiger partial charge in [-0.3, -0.25) is 9.78 Å². The molecular weight excluding hydrogens is 408 g/mol. The molecule has 0 bridgehead atoms. The van der Waals surface area contributed by atoms with Gasteiger partial charge in [-0.05, 0) is 48.0 Å². The Balaban J connectivity index is 1.50. The van der Waals surface area contributed by atoms with E-state index in [2.05, 4.69) is 15.3 Å². The van der Waals surface area contributed by atoms with Crippen molar-refractivity contribution in [3.8, 4) is 22.9 Å². The van der Waals surface area contributed by atoms with Crippen molar-refractivity contribution in [2.24, 2.45) is 5.73 Å². The maximum absolute atomic E-state index is 12.7. The number of aromatic nitrogens is 2. The van der Waals surface area contributed by atoms with Crippen molar-refractivity contribution >= 4 is 17.6 Å². The highest BCUT2D eigenvalue weighted by Gasteiger charge is 2.11. The molecule has 0 atom stereocenters. The molecule has 160 valence electrons.